The third kappa shape index (κ3) is 1.97. The normalized spacial score (nSPS) is 19.4. The molecule has 1 unspecified atom stereocenters. The lowest BCUT2D eigenvalue weighted by Gasteiger charge is -2.22. The highest BCUT2D eigenvalue weighted by Crippen LogP contribution is 2.23. The molecule has 18 heavy (non-hydrogen) atoms. The molecule has 0 aliphatic carbocycles. The predicted molar refractivity (Wildman–Crippen MR) is 69.3 cm³/mol. The van der Waals surface area contributed by atoms with Gasteiger partial charge in [-0.3, -0.25) is 0 Å². The molecule has 1 saturated heterocycles. The Bertz CT molecular complexity index is 494. The summed E-state index contributed by atoms with van der Waals surface area (Å²) in [6, 6.07) is 2.16. The first kappa shape index (κ1) is 11.2. The second-order valence-corrected chi connectivity index (χ2v) is 4.54. The SMILES string of the molecule is OCC1CCCN1c1ncc(-c2cc[nH]c2)cn1. The minimum atomic E-state index is 0.170. The minimum absolute atomic E-state index is 0.170. The van der Waals surface area contributed by atoms with Crippen molar-refractivity contribution >= 4 is 5.95 Å². The average molecular weight is 244 g/mol. The van der Waals surface area contributed by atoms with Crippen molar-refractivity contribution in [2.75, 3.05) is 18.1 Å². The van der Waals surface area contributed by atoms with Crippen LogP contribution in [0.25, 0.3) is 11.1 Å². The van der Waals surface area contributed by atoms with Gasteiger partial charge in [-0.2, -0.15) is 0 Å². The molecule has 3 rings (SSSR count). The Labute approximate surface area is 106 Å². The lowest BCUT2D eigenvalue weighted by Crippen LogP contribution is -2.33. The predicted octanol–water partition coefficient (Wildman–Crippen LogP) is 1.43. The molecule has 1 aliphatic heterocycles. The molecule has 1 aliphatic rings. The van der Waals surface area contributed by atoms with Crippen LogP contribution in [0.15, 0.2) is 30.9 Å². The van der Waals surface area contributed by atoms with E-state index in [1.54, 1.807) is 0 Å². The van der Waals surface area contributed by atoms with Crippen molar-refractivity contribution in [2.24, 2.45) is 0 Å². The number of H-pyrrole nitrogens is 1. The standard InChI is InChI=1S/C13H16N4O/c18-9-12-2-1-5-17(12)13-15-7-11(8-16-13)10-3-4-14-6-10/h3-4,6-8,12,14,18H,1-2,5,9H2. The van der Waals surface area contributed by atoms with Crippen LogP contribution in [-0.2, 0) is 0 Å². The first-order valence-electron chi connectivity index (χ1n) is 6.21. The van der Waals surface area contributed by atoms with Gasteiger partial charge in [-0.25, -0.2) is 9.97 Å². The van der Waals surface area contributed by atoms with Crippen molar-refractivity contribution in [1.29, 1.82) is 0 Å². The molecule has 2 N–H and O–H groups in total. The van der Waals surface area contributed by atoms with E-state index in [0.29, 0.717) is 5.95 Å². The summed E-state index contributed by atoms with van der Waals surface area (Å²) in [6.45, 7) is 1.09. The van der Waals surface area contributed by atoms with E-state index < -0.39 is 0 Å². The van der Waals surface area contributed by atoms with Crippen molar-refractivity contribution in [3.63, 3.8) is 0 Å². The highest BCUT2D eigenvalue weighted by molar-refractivity contribution is 5.61. The summed E-state index contributed by atoms with van der Waals surface area (Å²) >= 11 is 0. The van der Waals surface area contributed by atoms with E-state index in [-0.39, 0.29) is 12.6 Å². The number of nitrogens with zero attached hydrogens (tertiary/aromatic N) is 3. The molecule has 0 amide bonds. The van der Waals surface area contributed by atoms with Crippen LogP contribution in [0.5, 0.6) is 0 Å². The lowest BCUT2D eigenvalue weighted by molar-refractivity contribution is 0.265. The van der Waals surface area contributed by atoms with Gasteiger partial charge in [-0.05, 0) is 18.9 Å². The van der Waals surface area contributed by atoms with Gasteiger partial charge in [0.2, 0.25) is 5.95 Å². The Balaban J connectivity index is 1.83. The highest BCUT2D eigenvalue weighted by atomic mass is 16.3. The van der Waals surface area contributed by atoms with E-state index in [9.17, 15) is 5.11 Å². The number of aliphatic hydroxyl groups excluding tert-OH is 1. The number of aromatic amines is 1. The molecule has 5 heteroatoms. The zero-order chi connectivity index (χ0) is 12.4. The maximum atomic E-state index is 9.30. The summed E-state index contributed by atoms with van der Waals surface area (Å²) in [4.78, 5) is 13.9. The minimum Gasteiger partial charge on any atom is -0.394 e. The van der Waals surface area contributed by atoms with Crippen molar-refractivity contribution in [2.45, 2.75) is 18.9 Å². The third-order valence-corrected chi connectivity index (χ3v) is 3.41. The summed E-state index contributed by atoms with van der Waals surface area (Å²) in [7, 11) is 0. The fourth-order valence-corrected chi connectivity index (χ4v) is 2.41. The van der Waals surface area contributed by atoms with Gasteiger partial charge >= 0.3 is 0 Å². The Kier molecular flexibility index (Phi) is 2.98. The van der Waals surface area contributed by atoms with Crippen LogP contribution in [0.2, 0.25) is 0 Å². The number of hydrogen-bond acceptors (Lipinski definition) is 4. The van der Waals surface area contributed by atoms with Crippen LogP contribution < -0.4 is 4.90 Å². The molecule has 2 aromatic heterocycles. The van der Waals surface area contributed by atoms with E-state index in [0.717, 1.165) is 30.5 Å². The second kappa shape index (κ2) is 4.78. The number of aromatic nitrogens is 3. The Morgan fingerprint density at radius 1 is 1.33 bits per heavy atom. The molecule has 0 bridgehead atoms. The van der Waals surface area contributed by atoms with Gasteiger partial charge in [-0.15, -0.1) is 0 Å². The van der Waals surface area contributed by atoms with Crippen molar-refractivity contribution in [3.05, 3.63) is 30.9 Å². The summed E-state index contributed by atoms with van der Waals surface area (Å²) in [6.07, 6.45) is 9.57. The van der Waals surface area contributed by atoms with Crippen molar-refractivity contribution < 1.29 is 5.11 Å². The number of rotatable bonds is 3. The van der Waals surface area contributed by atoms with Crippen molar-refractivity contribution in [1.82, 2.24) is 15.0 Å². The van der Waals surface area contributed by atoms with Crippen molar-refractivity contribution in [3.8, 4) is 11.1 Å². The van der Waals surface area contributed by atoms with E-state index in [1.165, 1.54) is 0 Å². The lowest BCUT2D eigenvalue weighted by atomic mass is 10.2. The number of hydrogen-bond donors (Lipinski definition) is 2. The monoisotopic (exact) mass is 244 g/mol. The molecule has 0 radical (unpaired) electrons. The van der Waals surface area contributed by atoms with Gasteiger partial charge in [0.25, 0.3) is 0 Å². The van der Waals surface area contributed by atoms with Gasteiger partial charge < -0.3 is 15.0 Å². The molecule has 94 valence electrons. The number of nitrogens with one attached hydrogen (secondary N) is 1. The van der Waals surface area contributed by atoms with Gasteiger partial charge in [0.1, 0.15) is 0 Å². The van der Waals surface area contributed by atoms with E-state index in [4.69, 9.17) is 0 Å². The second-order valence-electron chi connectivity index (χ2n) is 4.54. The van der Waals surface area contributed by atoms with E-state index in [2.05, 4.69) is 19.9 Å². The molecular formula is C13H16N4O. The average Bonchev–Trinajstić information content (AvgIpc) is 3.10. The Morgan fingerprint density at radius 3 is 2.83 bits per heavy atom. The topological polar surface area (TPSA) is 65.0 Å². The van der Waals surface area contributed by atoms with E-state index >= 15 is 0 Å². The Morgan fingerprint density at radius 2 is 2.17 bits per heavy atom. The Hall–Kier alpha value is -1.88. The molecule has 2 aromatic rings. The molecule has 0 spiro atoms. The quantitative estimate of drug-likeness (QED) is 0.857. The number of aliphatic hydroxyl groups is 1. The zero-order valence-electron chi connectivity index (χ0n) is 10.1. The smallest absolute Gasteiger partial charge is 0.225 e. The van der Waals surface area contributed by atoms with Crippen LogP contribution >= 0.6 is 0 Å². The van der Waals surface area contributed by atoms with Gasteiger partial charge in [0.15, 0.2) is 0 Å². The first-order valence-corrected chi connectivity index (χ1v) is 6.21. The fraction of sp³-hybridized carbons (Fsp3) is 0.385. The van der Waals surface area contributed by atoms with Crippen LogP contribution in [0.4, 0.5) is 5.95 Å². The number of anilines is 1. The molecule has 0 saturated carbocycles. The fourth-order valence-electron chi connectivity index (χ4n) is 2.41. The maximum absolute atomic E-state index is 9.30. The molecule has 1 atom stereocenters. The van der Waals surface area contributed by atoms with Crippen LogP contribution in [0, 0.1) is 0 Å². The third-order valence-electron chi connectivity index (χ3n) is 3.41. The van der Waals surface area contributed by atoms with Gasteiger partial charge in [0, 0.05) is 42.5 Å². The summed E-state index contributed by atoms with van der Waals surface area (Å²) in [5, 5.41) is 9.30. The summed E-state index contributed by atoms with van der Waals surface area (Å²) in [5.74, 6) is 0.714. The van der Waals surface area contributed by atoms with Crippen LogP contribution in [-0.4, -0.2) is 39.3 Å². The van der Waals surface area contributed by atoms with E-state index in [1.807, 2.05) is 30.9 Å². The van der Waals surface area contributed by atoms with Gasteiger partial charge in [-0.1, -0.05) is 0 Å². The molecule has 3 heterocycles. The zero-order valence-corrected chi connectivity index (χ0v) is 10.1. The molecule has 5 nitrogen and oxygen atoms in total. The highest BCUT2D eigenvalue weighted by Gasteiger charge is 2.25. The molecule has 0 aromatic carbocycles. The van der Waals surface area contributed by atoms with Crippen LogP contribution in [0.3, 0.4) is 0 Å². The first-order chi connectivity index (χ1) is 8.88. The van der Waals surface area contributed by atoms with Crippen LogP contribution in [0.1, 0.15) is 12.8 Å². The molecule has 1 fully saturated rings. The van der Waals surface area contributed by atoms with Gasteiger partial charge in [0.05, 0.1) is 12.6 Å². The largest absolute Gasteiger partial charge is 0.394 e. The summed E-state index contributed by atoms with van der Waals surface area (Å²) in [5.41, 5.74) is 2.08. The summed E-state index contributed by atoms with van der Waals surface area (Å²) < 4.78 is 0. The maximum Gasteiger partial charge on any atom is 0.225 e. The molecular weight excluding hydrogens is 228 g/mol.